The smallest absolute Gasteiger partial charge is 0.261 e. The molecule has 2 N–H and O–H groups in total. The lowest BCUT2D eigenvalue weighted by atomic mass is 10.1. The van der Waals surface area contributed by atoms with Crippen LogP contribution in [0.4, 0.5) is 0 Å². The van der Waals surface area contributed by atoms with E-state index < -0.39 is 0 Å². The Balaban J connectivity index is 1.60. The van der Waals surface area contributed by atoms with Crippen molar-refractivity contribution < 1.29 is 14.3 Å². The molecule has 2 aromatic rings. The van der Waals surface area contributed by atoms with Crippen LogP contribution in [0.1, 0.15) is 15.2 Å². The quantitative estimate of drug-likeness (QED) is 0.764. The van der Waals surface area contributed by atoms with Gasteiger partial charge < -0.3 is 20.1 Å². The standard InChI is InChI=1S/C17H20N2O3S/c1-21-9-8-18-6-7-19-17(20)15-10-12-11-22-14-5-3-2-4-13(14)16(12)23-15/h2-5,10,18H,6-9,11H2,1H3,(H,19,20). The lowest BCUT2D eigenvalue weighted by Crippen LogP contribution is -2.32. The lowest BCUT2D eigenvalue weighted by Gasteiger charge is -2.16. The van der Waals surface area contributed by atoms with E-state index in [4.69, 9.17) is 9.47 Å². The highest BCUT2D eigenvalue weighted by molar-refractivity contribution is 7.17. The SMILES string of the molecule is COCCNCCNC(=O)c1cc2c(s1)-c1ccccc1OC2. The number of methoxy groups -OCH3 is 1. The van der Waals surface area contributed by atoms with Crippen LogP contribution in [0.5, 0.6) is 5.75 Å². The van der Waals surface area contributed by atoms with E-state index in [2.05, 4.69) is 10.6 Å². The summed E-state index contributed by atoms with van der Waals surface area (Å²) in [4.78, 5) is 14.1. The molecular weight excluding hydrogens is 312 g/mol. The van der Waals surface area contributed by atoms with Crippen molar-refractivity contribution in [3.05, 3.63) is 40.8 Å². The van der Waals surface area contributed by atoms with Gasteiger partial charge in [-0.3, -0.25) is 4.79 Å². The second kappa shape index (κ2) is 7.59. The molecule has 23 heavy (non-hydrogen) atoms. The van der Waals surface area contributed by atoms with Gasteiger partial charge in [-0.15, -0.1) is 11.3 Å². The number of rotatable bonds is 7. The third kappa shape index (κ3) is 3.72. The first-order chi connectivity index (χ1) is 11.3. The average Bonchev–Trinajstić information content (AvgIpc) is 3.02. The van der Waals surface area contributed by atoms with Crippen LogP contribution >= 0.6 is 11.3 Å². The number of para-hydroxylation sites is 1. The maximum Gasteiger partial charge on any atom is 0.261 e. The van der Waals surface area contributed by atoms with Gasteiger partial charge in [-0.05, 0) is 18.2 Å². The molecule has 122 valence electrons. The summed E-state index contributed by atoms with van der Waals surface area (Å²) in [5.74, 6) is 0.853. The average molecular weight is 332 g/mol. The molecule has 1 aromatic heterocycles. The van der Waals surface area contributed by atoms with Crippen molar-refractivity contribution in [2.75, 3.05) is 33.4 Å². The Morgan fingerprint density at radius 2 is 2.17 bits per heavy atom. The molecule has 1 aromatic carbocycles. The molecule has 0 radical (unpaired) electrons. The monoisotopic (exact) mass is 332 g/mol. The normalized spacial score (nSPS) is 12.2. The number of amides is 1. The summed E-state index contributed by atoms with van der Waals surface area (Å²) in [6, 6.07) is 9.88. The number of benzene rings is 1. The van der Waals surface area contributed by atoms with Crippen LogP contribution in [-0.4, -0.2) is 39.3 Å². The lowest BCUT2D eigenvalue weighted by molar-refractivity contribution is 0.0957. The van der Waals surface area contributed by atoms with Gasteiger partial charge in [-0.25, -0.2) is 0 Å². The third-order valence-corrected chi connectivity index (χ3v) is 4.83. The highest BCUT2D eigenvalue weighted by atomic mass is 32.1. The fourth-order valence-electron chi connectivity index (χ4n) is 2.46. The Hall–Kier alpha value is -1.89. The molecule has 2 heterocycles. The summed E-state index contributed by atoms with van der Waals surface area (Å²) in [7, 11) is 1.67. The van der Waals surface area contributed by atoms with Gasteiger partial charge in [0.1, 0.15) is 12.4 Å². The first-order valence-corrected chi connectivity index (χ1v) is 8.44. The predicted octanol–water partition coefficient (Wildman–Crippen LogP) is 2.27. The molecular formula is C17H20N2O3S. The Kier molecular flexibility index (Phi) is 5.27. The topological polar surface area (TPSA) is 59.6 Å². The Labute approximate surface area is 139 Å². The van der Waals surface area contributed by atoms with Crippen molar-refractivity contribution in [3.8, 4) is 16.2 Å². The zero-order valence-corrected chi connectivity index (χ0v) is 13.9. The number of carbonyl (C=O) groups excluding carboxylic acids is 1. The van der Waals surface area contributed by atoms with Crippen LogP contribution in [0.15, 0.2) is 30.3 Å². The molecule has 0 bridgehead atoms. The van der Waals surface area contributed by atoms with Crippen molar-refractivity contribution in [1.82, 2.24) is 10.6 Å². The van der Waals surface area contributed by atoms with Gasteiger partial charge >= 0.3 is 0 Å². The zero-order chi connectivity index (χ0) is 16.1. The van der Waals surface area contributed by atoms with E-state index in [1.54, 1.807) is 7.11 Å². The zero-order valence-electron chi connectivity index (χ0n) is 13.1. The van der Waals surface area contributed by atoms with Gasteiger partial charge in [0.25, 0.3) is 5.91 Å². The van der Waals surface area contributed by atoms with Gasteiger partial charge in [-0.1, -0.05) is 12.1 Å². The Bertz CT molecular complexity index is 684. The van der Waals surface area contributed by atoms with Crippen LogP contribution in [0, 0.1) is 0 Å². The molecule has 1 aliphatic heterocycles. The number of nitrogens with one attached hydrogen (secondary N) is 2. The van der Waals surface area contributed by atoms with Crippen molar-refractivity contribution in [2.24, 2.45) is 0 Å². The molecule has 5 nitrogen and oxygen atoms in total. The highest BCUT2D eigenvalue weighted by Gasteiger charge is 2.22. The number of thiophene rings is 1. The summed E-state index contributed by atoms with van der Waals surface area (Å²) in [6.07, 6.45) is 0. The molecule has 0 unspecified atom stereocenters. The van der Waals surface area contributed by atoms with E-state index in [0.717, 1.165) is 39.7 Å². The molecule has 6 heteroatoms. The molecule has 0 spiro atoms. The minimum absolute atomic E-state index is 0.0320. The van der Waals surface area contributed by atoms with E-state index in [1.807, 2.05) is 30.3 Å². The number of fused-ring (bicyclic) bond motifs is 3. The number of carbonyl (C=O) groups is 1. The van der Waals surface area contributed by atoms with E-state index in [1.165, 1.54) is 11.3 Å². The minimum Gasteiger partial charge on any atom is -0.488 e. The first-order valence-electron chi connectivity index (χ1n) is 7.62. The fraction of sp³-hybridized carbons (Fsp3) is 0.353. The molecule has 1 aliphatic rings. The Morgan fingerprint density at radius 3 is 3.04 bits per heavy atom. The van der Waals surface area contributed by atoms with Crippen LogP contribution < -0.4 is 15.4 Å². The fourth-order valence-corrected chi connectivity index (χ4v) is 3.58. The van der Waals surface area contributed by atoms with E-state index in [9.17, 15) is 4.79 Å². The highest BCUT2D eigenvalue weighted by Crippen LogP contribution is 2.42. The number of ether oxygens (including phenoxy) is 2. The summed E-state index contributed by atoms with van der Waals surface area (Å²) < 4.78 is 10.7. The molecule has 0 saturated carbocycles. The van der Waals surface area contributed by atoms with Crippen molar-refractivity contribution in [1.29, 1.82) is 0 Å². The maximum absolute atomic E-state index is 12.3. The van der Waals surface area contributed by atoms with Gasteiger partial charge in [0.2, 0.25) is 0 Å². The first kappa shape index (κ1) is 16.0. The van der Waals surface area contributed by atoms with E-state index >= 15 is 0 Å². The Morgan fingerprint density at radius 1 is 1.30 bits per heavy atom. The molecule has 3 rings (SSSR count). The van der Waals surface area contributed by atoms with Crippen LogP contribution in [-0.2, 0) is 11.3 Å². The molecule has 0 saturated heterocycles. The molecule has 0 fully saturated rings. The minimum atomic E-state index is -0.0320. The van der Waals surface area contributed by atoms with Crippen LogP contribution in [0.3, 0.4) is 0 Å². The predicted molar refractivity (Wildman–Crippen MR) is 91.2 cm³/mol. The van der Waals surface area contributed by atoms with Gasteiger partial charge in [0.05, 0.1) is 11.5 Å². The van der Waals surface area contributed by atoms with Gasteiger partial charge in [0.15, 0.2) is 0 Å². The summed E-state index contributed by atoms with van der Waals surface area (Å²) >= 11 is 1.53. The summed E-state index contributed by atoms with van der Waals surface area (Å²) in [5.41, 5.74) is 2.15. The largest absolute Gasteiger partial charge is 0.488 e. The summed E-state index contributed by atoms with van der Waals surface area (Å²) in [6.45, 7) is 3.30. The summed E-state index contributed by atoms with van der Waals surface area (Å²) in [5, 5.41) is 6.14. The van der Waals surface area contributed by atoms with Crippen molar-refractivity contribution >= 4 is 17.2 Å². The van der Waals surface area contributed by atoms with Crippen molar-refractivity contribution in [2.45, 2.75) is 6.61 Å². The second-order valence-electron chi connectivity index (χ2n) is 5.25. The molecule has 0 aliphatic carbocycles. The second-order valence-corrected chi connectivity index (χ2v) is 6.30. The van der Waals surface area contributed by atoms with E-state index in [0.29, 0.717) is 19.8 Å². The van der Waals surface area contributed by atoms with Crippen LogP contribution in [0.2, 0.25) is 0 Å². The number of hydrogen-bond donors (Lipinski definition) is 2. The molecule has 1 amide bonds. The van der Waals surface area contributed by atoms with E-state index in [-0.39, 0.29) is 5.91 Å². The third-order valence-electron chi connectivity index (χ3n) is 3.62. The van der Waals surface area contributed by atoms with Gasteiger partial charge in [0, 0.05) is 42.7 Å². The van der Waals surface area contributed by atoms with Crippen LogP contribution in [0.25, 0.3) is 10.4 Å². The van der Waals surface area contributed by atoms with Gasteiger partial charge in [-0.2, -0.15) is 0 Å². The molecule has 0 atom stereocenters. The number of hydrogen-bond acceptors (Lipinski definition) is 5. The van der Waals surface area contributed by atoms with Crippen molar-refractivity contribution in [3.63, 3.8) is 0 Å². The maximum atomic E-state index is 12.3.